The second kappa shape index (κ2) is 5.16. The van der Waals surface area contributed by atoms with E-state index in [2.05, 4.69) is 43.4 Å². The molecule has 0 radical (unpaired) electrons. The van der Waals surface area contributed by atoms with Crippen LogP contribution in [0, 0.1) is 11.3 Å². The summed E-state index contributed by atoms with van der Waals surface area (Å²) < 4.78 is 0. The summed E-state index contributed by atoms with van der Waals surface area (Å²) in [6.07, 6.45) is 1.74. The van der Waals surface area contributed by atoms with Gasteiger partial charge in [-0.3, -0.25) is 0 Å². The van der Waals surface area contributed by atoms with E-state index < -0.39 is 0 Å². The molecule has 0 saturated carbocycles. The number of aromatic nitrogens is 1. The van der Waals surface area contributed by atoms with Crippen LogP contribution < -0.4 is 16.6 Å². The molecule has 4 nitrogen and oxygen atoms in total. The van der Waals surface area contributed by atoms with Crippen molar-refractivity contribution in [3.05, 3.63) is 18.3 Å². The number of anilines is 2. The predicted molar refractivity (Wildman–Crippen MR) is 69.2 cm³/mol. The molecule has 0 saturated heterocycles. The molecular formula is C12H22N4. The zero-order valence-corrected chi connectivity index (χ0v) is 10.5. The van der Waals surface area contributed by atoms with E-state index in [-0.39, 0.29) is 5.41 Å². The minimum atomic E-state index is 0.263. The van der Waals surface area contributed by atoms with Gasteiger partial charge >= 0.3 is 0 Å². The Morgan fingerprint density at radius 2 is 2.12 bits per heavy atom. The monoisotopic (exact) mass is 222 g/mol. The molecule has 1 aromatic rings. The van der Waals surface area contributed by atoms with E-state index in [0.29, 0.717) is 11.7 Å². The first-order valence-electron chi connectivity index (χ1n) is 5.62. The number of hydrazine groups is 1. The summed E-state index contributed by atoms with van der Waals surface area (Å²) in [4.78, 5) is 4.06. The molecule has 0 aliphatic rings. The van der Waals surface area contributed by atoms with E-state index in [0.717, 1.165) is 12.2 Å². The second-order valence-electron chi connectivity index (χ2n) is 5.07. The highest BCUT2D eigenvalue weighted by molar-refractivity contribution is 5.51. The maximum atomic E-state index is 5.31. The standard InChI is InChI=1S/C12H22N4/c1-9(2)12(3,4)8-15-10-5-6-14-11(7-10)16-13/h5-7,9H,8,13H2,1-4H3,(H2,14,15,16). The molecular weight excluding hydrogens is 200 g/mol. The van der Waals surface area contributed by atoms with Gasteiger partial charge in [0.05, 0.1) is 0 Å². The maximum Gasteiger partial charge on any atom is 0.141 e. The normalized spacial score (nSPS) is 11.6. The summed E-state index contributed by atoms with van der Waals surface area (Å²) in [5.41, 5.74) is 3.84. The van der Waals surface area contributed by atoms with Gasteiger partial charge in [-0.15, -0.1) is 0 Å². The van der Waals surface area contributed by atoms with Gasteiger partial charge in [0, 0.05) is 24.5 Å². The van der Waals surface area contributed by atoms with E-state index in [4.69, 9.17) is 5.84 Å². The van der Waals surface area contributed by atoms with Crippen LogP contribution in [0.25, 0.3) is 0 Å². The highest BCUT2D eigenvalue weighted by atomic mass is 15.2. The Kier molecular flexibility index (Phi) is 4.12. The number of rotatable bonds is 5. The van der Waals surface area contributed by atoms with E-state index in [1.807, 2.05) is 12.1 Å². The number of hydrogen-bond donors (Lipinski definition) is 3. The predicted octanol–water partition coefficient (Wildman–Crippen LogP) is 2.46. The topological polar surface area (TPSA) is 63.0 Å². The van der Waals surface area contributed by atoms with Crippen LogP contribution in [0.2, 0.25) is 0 Å². The lowest BCUT2D eigenvalue weighted by molar-refractivity contribution is 0.269. The lowest BCUT2D eigenvalue weighted by atomic mass is 9.81. The van der Waals surface area contributed by atoms with Crippen molar-refractivity contribution < 1.29 is 0 Å². The summed E-state index contributed by atoms with van der Waals surface area (Å²) in [5.74, 6) is 6.62. The SMILES string of the molecule is CC(C)C(C)(C)CNc1ccnc(NN)c1. The first-order chi connectivity index (χ1) is 7.45. The first kappa shape index (κ1) is 12.8. The molecule has 1 aromatic heterocycles. The molecule has 90 valence electrons. The molecule has 0 amide bonds. The smallest absolute Gasteiger partial charge is 0.141 e. The van der Waals surface area contributed by atoms with Gasteiger partial charge in [-0.2, -0.15) is 0 Å². The molecule has 0 bridgehead atoms. The molecule has 0 fully saturated rings. The Balaban J connectivity index is 2.60. The van der Waals surface area contributed by atoms with Crippen LogP contribution in [-0.4, -0.2) is 11.5 Å². The number of pyridine rings is 1. The zero-order valence-electron chi connectivity index (χ0n) is 10.5. The molecule has 1 rings (SSSR count). The fourth-order valence-corrected chi connectivity index (χ4v) is 1.15. The van der Waals surface area contributed by atoms with Crippen LogP contribution >= 0.6 is 0 Å². The molecule has 4 N–H and O–H groups in total. The van der Waals surface area contributed by atoms with Crippen molar-refractivity contribution in [1.82, 2.24) is 4.98 Å². The lowest BCUT2D eigenvalue weighted by Crippen LogP contribution is -2.28. The molecule has 0 spiro atoms. The highest BCUT2D eigenvalue weighted by Crippen LogP contribution is 2.26. The van der Waals surface area contributed by atoms with Gasteiger partial charge in [0.2, 0.25) is 0 Å². The van der Waals surface area contributed by atoms with Gasteiger partial charge in [-0.1, -0.05) is 27.7 Å². The largest absolute Gasteiger partial charge is 0.384 e. The number of nitrogens with two attached hydrogens (primary N) is 1. The van der Waals surface area contributed by atoms with E-state index in [1.165, 1.54) is 0 Å². The van der Waals surface area contributed by atoms with Crippen molar-refractivity contribution in [1.29, 1.82) is 0 Å². The summed E-state index contributed by atoms with van der Waals surface area (Å²) >= 11 is 0. The third kappa shape index (κ3) is 3.38. The van der Waals surface area contributed by atoms with Gasteiger partial charge in [0.15, 0.2) is 0 Å². The van der Waals surface area contributed by atoms with Crippen LogP contribution in [0.4, 0.5) is 11.5 Å². The van der Waals surface area contributed by atoms with Gasteiger partial charge in [-0.25, -0.2) is 10.8 Å². The van der Waals surface area contributed by atoms with Crippen molar-refractivity contribution in [2.75, 3.05) is 17.3 Å². The number of hydrogen-bond acceptors (Lipinski definition) is 4. The maximum absolute atomic E-state index is 5.31. The Bertz CT molecular complexity index is 334. The lowest BCUT2D eigenvalue weighted by Gasteiger charge is -2.29. The van der Waals surface area contributed by atoms with E-state index >= 15 is 0 Å². The third-order valence-electron chi connectivity index (χ3n) is 3.22. The summed E-state index contributed by atoms with van der Waals surface area (Å²) in [7, 11) is 0. The fraction of sp³-hybridized carbons (Fsp3) is 0.583. The van der Waals surface area contributed by atoms with Gasteiger partial charge in [0.1, 0.15) is 5.82 Å². The second-order valence-corrected chi connectivity index (χ2v) is 5.07. The molecule has 0 aromatic carbocycles. The van der Waals surface area contributed by atoms with E-state index in [9.17, 15) is 0 Å². The van der Waals surface area contributed by atoms with Gasteiger partial charge in [-0.05, 0) is 17.4 Å². The highest BCUT2D eigenvalue weighted by Gasteiger charge is 2.21. The average molecular weight is 222 g/mol. The van der Waals surface area contributed by atoms with Crippen LogP contribution in [0.15, 0.2) is 18.3 Å². The van der Waals surface area contributed by atoms with Crippen molar-refractivity contribution in [2.45, 2.75) is 27.7 Å². The number of nitrogens with zero attached hydrogens (tertiary/aromatic N) is 1. The molecule has 16 heavy (non-hydrogen) atoms. The average Bonchev–Trinajstić information content (AvgIpc) is 2.26. The Morgan fingerprint density at radius 3 is 2.69 bits per heavy atom. The Morgan fingerprint density at radius 1 is 1.44 bits per heavy atom. The molecule has 0 aliphatic heterocycles. The van der Waals surface area contributed by atoms with Crippen LogP contribution in [0.3, 0.4) is 0 Å². The van der Waals surface area contributed by atoms with Crippen LogP contribution in [0.5, 0.6) is 0 Å². The summed E-state index contributed by atoms with van der Waals surface area (Å²) in [6.45, 7) is 9.92. The van der Waals surface area contributed by atoms with Crippen molar-refractivity contribution in [2.24, 2.45) is 17.2 Å². The van der Waals surface area contributed by atoms with Crippen LogP contribution in [-0.2, 0) is 0 Å². The first-order valence-corrected chi connectivity index (χ1v) is 5.62. The van der Waals surface area contributed by atoms with Gasteiger partial charge < -0.3 is 10.7 Å². The molecule has 0 unspecified atom stereocenters. The van der Waals surface area contributed by atoms with Gasteiger partial charge in [0.25, 0.3) is 0 Å². The van der Waals surface area contributed by atoms with Crippen molar-refractivity contribution >= 4 is 11.5 Å². The fourth-order valence-electron chi connectivity index (χ4n) is 1.15. The molecule has 4 heteroatoms. The van der Waals surface area contributed by atoms with Crippen LogP contribution in [0.1, 0.15) is 27.7 Å². The molecule has 1 heterocycles. The Hall–Kier alpha value is -1.29. The molecule has 0 atom stereocenters. The minimum Gasteiger partial charge on any atom is -0.384 e. The summed E-state index contributed by atoms with van der Waals surface area (Å²) in [5, 5.41) is 3.41. The Labute approximate surface area is 97.6 Å². The van der Waals surface area contributed by atoms with E-state index in [1.54, 1.807) is 6.20 Å². The molecule has 0 aliphatic carbocycles. The van der Waals surface area contributed by atoms with Crippen molar-refractivity contribution in [3.63, 3.8) is 0 Å². The minimum absolute atomic E-state index is 0.263. The summed E-state index contributed by atoms with van der Waals surface area (Å²) in [6, 6.07) is 3.84. The third-order valence-corrected chi connectivity index (χ3v) is 3.22. The quantitative estimate of drug-likeness (QED) is 0.529. The zero-order chi connectivity index (χ0) is 12.2. The number of nitrogen functional groups attached to an aromatic ring is 1. The number of nitrogens with one attached hydrogen (secondary N) is 2. The van der Waals surface area contributed by atoms with Crippen molar-refractivity contribution in [3.8, 4) is 0 Å².